The third-order valence-corrected chi connectivity index (χ3v) is 6.17. The van der Waals surface area contributed by atoms with E-state index in [9.17, 15) is 4.79 Å². The minimum Gasteiger partial charge on any atom is -0.491 e. The van der Waals surface area contributed by atoms with E-state index in [1.807, 2.05) is 39.1 Å². The second-order valence-electron chi connectivity index (χ2n) is 11.5. The molecule has 8 heteroatoms. The van der Waals surface area contributed by atoms with Crippen LogP contribution < -0.4 is 9.64 Å². The number of rotatable bonds is 8. The Balaban J connectivity index is 0.000000877. The van der Waals surface area contributed by atoms with E-state index in [2.05, 4.69) is 44.6 Å². The highest BCUT2D eigenvalue weighted by Gasteiger charge is 2.29. The average molecular weight is 579 g/mol. The van der Waals surface area contributed by atoms with E-state index < -0.39 is 5.60 Å². The Morgan fingerprint density at radius 2 is 1.78 bits per heavy atom. The van der Waals surface area contributed by atoms with Crippen LogP contribution in [0.15, 0.2) is 24.5 Å². The number of alkyl halides is 1. The molecular weight excluding hydrogens is 534 g/mol. The third kappa shape index (κ3) is 10.6. The minimum absolute atomic E-state index is 0.146. The quantitative estimate of drug-likeness (QED) is 0.298. The first-order valence-corrected chi connectivity index (χ1v) is 14.1. The lowest BCUT2D eigenvalue weighted by Crippen LogP contribution is -2.38. The molecule has 0 atom stereocenters. The predicted octanol–water partition coefficient (Wildman–Crippen LogP) is 6.12. The van der Waals surface area contributed by atoms with E-state index in [0.717, 1.165) is 65.2 Å². The number of aromatic nitrogens is 2. The van der Waals surface area contributed by atoms with Crippen LogP contribution in [0.2, 0.25) is 0 Å². The summed E-state index contributed by atoms with van der Waals surface area (Å²) in [6.45, 7) is 18.0. The number of esters is 1. The van der Waals surface area contributed by atoms with Gasteiger partial charge in [-0.3, -0.25) is 14.8 Å². The van der Waals surface area contributed by atoms with Crippen molar-refractivity contribution in [3.63, 3.8) is 0 Å². The molecule has 0 amide bonds. The molecule has 1 saturated heterocycles. The number of pyridine rings is 2. The van der Waals surface area contributed by atoms with Crippen LogP contribution in [0.4, 0.5) is 5.69 Å². The SMILES string of the molecule is CC(C)(C)O.Cc1ncc(-c2ccc(OCCBr)cn2)c(N2CCC(C)(C)CC2)c1CC(=O)OC(C)C. The number of aryl methyl sites for hydroxylation is 1. The molecule has 1 fully saturated rings. The van der Waals surface area contributed by atoms with Crippen molar-refractivity contribution in [1.29, 1.82) is 0 Å². The largest absolute Gasteiger partial charge is 0.491 e. The molecule has 206 valence electrons. The first-order valence-electron chi connectivity index (χ1n) is 13.0. The van der Waals surface area contributed by atoms with Gasteiger partial charge in [-0.25, -0.2) is 0 Å². The van der Waals surface area contributed by atoms with Crippen molar-refractivity contribution in [3.8, 4) is 17.0 Å². The van der Waals surface area contributed by atoms with Crippen LogP contribution in [0.3, 0.4) is 0 Å². The third-order valence-electron chi connectivity index (χ3n) is 5.84. The molecule has 1 aliphatic heterocycles. The second kappa shape index (κ2) is 13.6. The molecule has 37 heavy (non-hydrogen) atoms. The summed E-state index contributed by atoms with van der Waals surface area (Å²) in [6, 6.07) is 3.89. The van der Waals surface area contributed by atoms with E-state index in [1.54, 1.807) is 27.0 Å². The summed E-state index contributed by atoms with van der Waals surface area (Å²) in [4.78, 5) is 24.3. The Bertz CT molecular complexity index is 1000. The fourth-order valence-electron chi connectivity index (χ4n) is 3.96. The summed E-state index contributed by atoms with van der Waals surface area (Å²) in [5, 5.41) is 9.29. The van der Waals surface area contributed by atoms with Crippen LogP contribution in [0.5, 0.6) is 5.75 Å². The second-order valence-corrected chi connectivity index (χ2v) is 12.3. The molecule has 0 bridgehead atoms. The standard InChI is InChI=1S/C25H34BrN3O3.C4H10O/c1-17(2)32-23(30)14-20-18(3)27-16-21(22-7-6-19(15-28-22)31-13-10-26)24(20)29-11-8-25(4,5)9-12-29;1-4(2,3)5/h6-7,15-17H,8-14H2,1-5H3;5H,1-3H3. The molecule has 0 spiro atoms. The van der Waals surface area contributed by atoms with Crippen molar-refractivity contribution in [2.75, 3.05) is 29.9 Å². The van der Waals surface area contributed by atoms with Gasteiger partial charge in [0.2, 0.25) is 0 Å². The lowest BCUT2D eigenvalue weighted by Gasteiger charge is -2.40. The first kappa shape index (κ1) is 31.0. The van der Waals surface area contributed by atoms with E-state index in [1.165, 1.54) is 0 Å². The number of anilines is 1. The van der Waals surface area contributed by atoms with Gasteiger partial charge in [0.05, 0.1) is 42.3 Å². The maximum absolute atomic E-state index is 12.6. The summed E-state index contributed by atoms with van der Waals surface area (Å²) in [7, 11) is 0. The van der Waals surface area contributed by atoms with Crippen molar-refractivity contribution < 1.29 is 19.4 Å². The van der Waals surface area contributed by atoms with Crippen LogP contribution in [0.25, 0.3) is 11.3 Å². The Hall–Kier alpha value is -2.19. The van der Waals surface area contributed by atoms with Gasteiger partial charge in [-0.05, 0) is 71.9 Å². The molecule has 1 aliphatic rings. The molecule has 7 nitrogen and oxygen atoms in total. The fraction of sp³-hybridized carbons (Fsp3) is 0.621. The molecule has 0 aromatic carbocycles. The van der Waals surface area contributed by atoms with Crippen LogP contribution in [0.1, 0.15) is 72.6 Å². The number of nitrogens with zero attached hydrogens (tertiary/aromatic N) is 3. The number of halogens is 1. The lowest BCUT2D eigenvalue weighted by atomic mass is 9.82. The fourth-order valence-corrected chi connectivity index (χ4v) is 4.12. The monoisotopic (exact) mass is 577 g/mol. The van der Waals surface area contributed by atoms with E-state index in [0.29, 0.717) is 12.0 Å². The van der Waals surface area contributed by atoms with Crippen molar-refractivity contribution in [3.05, 3.63) is 35.8 Å². The molecule has 0 radical (unpaired) electrons. The highest BCUT2D eigenvalue weighted by atomic mass is 79.9. The van der Waals surface area contributed by atoms with Crippen molar-refractivity contribution >= 4 is 27.6 Å². The summed E-state index contributed by atoms with van der Waals surface area (Å²) in [6.07, 6.45) is 5.86. The molecular formula is C29H44BrN3O4. The minimum atomic E-state index is -0.500. The van der Waals surface area contributed by atoms with Gasteiger partial charge in [-0.1, -0.05) is 29.8 Å². The molecule has 0 aliphatic carbocycles. The number of piperidine rings is 1. The molecule has 2 aromatic heterocycles. The lowest BCUT2D eigenvalue weighted by molar-refractivity contribution is -0.146. The van der Waals surface area contributed by atoms with Crippen LogP contribution in [-0.4, -0.2) is 57.8 Å². The van der Waals surface area contributed by atoms with E-state index in [4.69, 9.17) is 14.6 Å². The molecule has 1 N–H and O–H groups in total. The normalized spacial score (nSPS) is 15.2. The Morgan fingerprint density at radius 3 is 2.30 bits per heavy atom. The number of aliphatic hydroxyl groups is 1. The van der Waals surface area contributed by atoms with E-state index >= 15 is 0 Å². The summed E-state index contributed by atoms with van der Waals surface area (Å²) in [5.74, 6) is 0.502. The smallest absolute Gasteiger partial charge is 0.310 e. The topological polar surface area (TPSA) is 84.8 Å². The van der Waals surface area contributed by atoms with Gasteiger partial charge in [-0.2, -0.15) is 0 Å². The Kier molecular flexibility index (Phi) is 11.4. The average Bonchev–Trinajstić information content (AvgIpc) is 2.78. The maximum Gasteiger partial charge on any atom is 0.310 e. The zero-order valence-corrected chi connectivity index (χ0v) is 25.3. The highest BCUT2D eigenvalue weighted by Crippen LogP contribution is 2.39. The molecule has 0 unspecified atom stereocenters. The number of ether oxygens (including phenoxy) is 2. The van der Waals surface area contributed by atoms with Gasteiger partial charge in [0.1, 0.15) is 5.75 Å². The number of carbonyl (C=O) groups excluding carboxylic acids is 1. The summed E-state index contributed by atoms with van der Waals surface area (Å²) < 4.78 is 11.1. The molecule has 2 aromatic rings. The Labute approximate surface area is 231 Å². The van der Waals surface area contributed by atoms with Crippen molar-refractivity contribution in [2.45, 2.75) is 86.4 Å². The van der Waals surface area contributed by atoms with Gasteiger partial charge in [0.25, 0.3) is 0 Å². The molecule has 0 saturated carbocycles. The van der Waals surface area contributed by atoms with Crippen LogP contribution >= 0.6 is 15.9 Å². The first-order chi connectivity index (χ1) is 17.2. The van der Waals surface area contributed by atoms with Gasteiger partial charge in [-0.15, -0.1) is 0 Å². The van der Waals surface area contributed by atoms with Gasteiger partial charge in [0, 0.05) is 41.4 Å². The van der Waals surface area contributed by atoms with Crippen molar-refractivity contribution in [2.24, 2.45) is 5.41 Å². The van der Waals surface area contributed by atoms with Gasteiger partial charge >= 0.3 is 5.97 Å². The number of carbonyl (C=O) groups is 1. The zero-order chi connectivity index (χ0) is 27.8. The zero-order valence-electron chi connectivity index (χ0n) is 23.7. The number of hydrogen-bond donors (Lipinski definition) is 1. The summed E-state index contributed by atoms with van der Waals surface area (Å²) in [5.41, 5.74) is 4.41. The van der Waals surface area contributed by atoms with Gasteiger partial charge in [0.15, 0.2) is 0 Å². The van der Waals surface area contributed by atoms with Gasteiger partial charge < -0.3 is 19.5 Å². The molecule has 3 heterocycles. The van der Waals surface area contributed by atoms with E-state index in [-0.39, 0.29) is 18.5 Å². The Morgan fingerprint density at radius 1 is 1.16 bits per heavy atom. The molecule has 3 rings (SSSR count). The predicted molar refractivity (Wildman–Crippen MR) is 154 cm³/mol. The van der Waals surface area contributed by atoms with Crippen LogP contribution in [0, 0.1) is 12.3 Å². The summed E-state index contributed by atoms with van der Waals surface area (Å²) >= 11 is 3.37. The van der Waals surface area contributed by atoms with Crippen LogP contribution in [-0.2, 0) is 16.0 Å². The maximum atomic E-state index is 12.6. The number of hydrogen-bond acceptors (Lipinski definition) is 7. The highest BCUT2D eigenvalue weighted by molar-refractivity contribution is 9.09. The van der Waals surface area contributed by atoms with Crippen molar-refractivity contribution in [1.82, 2.24) is 9.97 Å².